The molecule has 0 saturated heterocycles. The van der Waals surface area contributed by atoms with Crippen molar-refractivity contribution in [2.45, 2.75) is 20.3 Å². The van der Waals surface area contributed by atoms with E-state index in [0.29, 0.717) is 34.3 Å². The van der Waals surface area contributed by atoms with Gasteiger partial charge in [-0.25, -0.2) is 0 Å². The molecule has 0 aliphatic heterocycles. The highest BCUT2D eigenvalue weighted by molar-refractivity contribution is 6.30. The average Bonchev–Trinajstić information content (AvgIpc) is 2.56. The minimum atomic E-state index is -0.269. The third-order valence-corrected chi connectivity index (χ3v) is 3.75. The van der Waals surface area contributed by atoms with Gasteiger partial charge in [-0.2, -0.15) is 0 Å². The first-order valence-corrected chi connectivity index (χ1v) is 8.28. The normalized spacial score (nSPS) is 10.5. The van der Waals surface area contributed by atoms with E-state index in [4.69, 9.17) is 11.6 Å². The van der Waals surface area contributed by atoms with Crippen molar-refractivity contribution >= 4 is 29.1 Å². The summed E-state index contributed by atoms with van der Waals surface area (Å²) in [6, 6.07) is 13.5. The maximum Gasteiger partial charge on any atom is 0.255 e. The fourth-order valence-corrected chi connectivity index (χ4v) is 2.24. The Morgan fingerprint density at radius 3 is 2.25 bits per heavy atom. The smallest absolute Gasteiger partial charge is 0.255 e. The highest BCUT2D eigenvalue weighted by atomic mass is 35.5. The second-order valence-corrected chi connectivity index (χ2v) is 6.42. The molecule has 0 spiro atoms. The van der Waals surface area contributed by atoms with E-state index in [0.717, 1.165) is 6.42 Å². The van der Waals surface area contributed by atoms with Gasteiger partial charge in [0.1, 0.15) is 0 Å². The molecular formula is C19H21ClN2O2. The van der Waals surface area contributed by atoms with Gasteiger partial charge in [0.05, 0.1) is 0 Å². The van der Waals surface area contributed by atoms with Crippen LogP contribution in [0.1, 0.15) is 41.0 Å². The molecule has 126 valence electrons. The molecule has 0 heterocycles. The largest absolute Gasteiger partial charge is 0.352 e. The number of carbonyl (C=O) groups is 2. The van der Waals surface area contributed by atoms with E-state index in [2.05, 4.69) is 24.5 Å². The molecule has 0 unspecified atom stereocenters. The number of amides is 2. The van der Waals surface area contributed by atoms with E-state index < -0.39 is 0 Å². The molecule has 0 aliphatic carbocycles. The van der Waals surface area contributed by atoms with Gasteiger partial charge in [-0.1, -0.05) is 31.5 Å². The molecule has 2 N–H and O–H groups in total. The van der Waals surface area contributed by atoms with Gasteiger partial charge in [0.2, 0.25) is 0 Å². The third kappa shape index (κ3) is 5.39. The van der Waals surface area contributed by atoms with Crippen LogP contribution in [0.25, 0.3) is 0 Å². The van der Waals surface area contributed by atoms with Crippen molar-refractivity contribution in [3.05, 3.63) is 64.7 Å². The first-order chi connectivity index (χ1) is 11.5. The van der Waals surface area contributed by atoms with Crippen molar-refractivity contribution in [3.63, 3.8) is 0 Å². The number of carbonyl (C=O) groups excluding carboxylic acids is 2. The Balaban J connectivity index is 2.02. The van der Waals surface area contributed by atoms with E-state index in [1.807, 2.05) is 0 Å². The molecule has 2 aromatic rings. The Bertz CT molecular complexity index is 712. The molecule has 0 radical (unpaired) electrons. The zero-order valence-corrected chi connectivity index (χ0v) is 14.6. The van der Waals surface area contributed by atoms with Crippen molar-refractivity contribution in [1.82, 2.24) is 5.32 Å². The van der Waals surface area contributed by atoms with Crippen molar-refractivity contribution < 1.29 is 9.59 Å². The fourth-order valence-electron chi connectivity index (χ4n) is 2.11. The molecule has 0 aromatic heterocycles. The Labute approximate surface area is 147 Å². The summed E-state index contributed by atoms with van der Waals surface area (Å²) >= 11 is 5.82. The number of nitrogens with one attached hydrogen (secondary N) is 2. The minimum absolute atomic E-state index is 0.170. The summed E-state index contributed by atoms with van der Waals surface area (Å²) in [5.41, 5.74) is 1.56. The first-order valence-electron chi connectivity index (χ1n) is 7.91. The van der Waals surface area contributed by atoms with E-state index in [9.17, 15) is 9.59 Å². The average molecular weight is 345 g/mol. The van der Waals surface area contributed by atoms with Gasteiger partial charge in [0, 0.05) is 28.4 Å². The highest BCUT2D eigenvalue weighted by Gasteiger charge is 2.11. The minimum Gasteiger partial charge on any atom is -0.352 e. The third-order valence-electron chi connectivity index (χ3n) is 3.50. The van der Waals surface area contributed by atoms with Gasteiger partial charge in [0.25, 0.3) is 11.8 Å². The molecule has 24 heavy (non-hydrogen) atoms. The number of hydrogen-bond donors (Lipinski definition) is 2. The maximum absolute atomic E-state index is 12.3. The summed E-state index contributed by atoms with van der Waals surface area (Å²) in [5.74, 6) is 0.0905. The molecule has 0 bridgehead atoms. The fraction of sp³-hybridized carbons (Fsp3) is 0.263. The van der Waals surface area contributed by atoms with E-state index in [1.165, 1.54) is 0 Å². The number of halogens is 1. The SMILES string of the molecule is CC(C)CCNC(=O)c1cccc(C(=O)Nc2ccc(Cl)cc2)c1. The first kappa shape index (κ1) is 18.0. The van der Waals surface area contributed by atoms with E-state index >= 15 is 0 Å². The van der Waals surface area contributed by atoms with Gasteiger partial charge < -0.3 is 10.6 Å². The Morgan fingerprint density at radius 2 is 1.62 bits per heavy atom. The second kappa shape index (κ2) is 8.50. The van der Waals surface area contributed by atoms with E-state index in [-0.39, 0.29) is 11.8 Å². The van der Waals surface area contributed by atoms with Crippen LogP contribution < -0.4 is 10.6 Å². The predicted molar refractivity (Wildman–Crippen MR) is 97.6 cm³/mol. The van der Waals surface area contributed by atoms with Crippen LogP contribution in [0.2, 0.25) is 5.02 Å². The Hall–Kier alpha value is -2.33. The summed E-state index contributed by atoms with van der Waals surface area (Å²) in [4.78, 5) is 24.4. The van der Waals surface area contributed by atoms with Crippen LogP contribution in [0, 0.1) is 5.92 Å². The predicted octanol–water partition coefficient (Wildman–Crippen LogP) is 4.37. The molecule has 0 aliphatic rings. The van der Waals surface area contributed by atoms with Crippen LogP contribution in [0.3, 0.4) is 0 Å². The topological polar surface area (TPSA) is 58.2 Å². The standard InChI is InChI=1S/C19H21ClN2O2/c1-13(2)10-11-21-18(23)14-4-3-5-15(12-14)19(24)22-17-8-6-16(20)7-9-17/h3-9,12-13H,10-11H2,1-2H3,(H,21,23)(H,22,24). The van der Waals surface area contributed by atoms with Crippen molar-refractivity contribution in [2.75, 3.05) is 11.9 Å². The highest BCUT2D eigenvalue weighted by Crippen LogP contribution is 2.15. The molecule has 4 nitrogen and oxygen atoms in total. The lowest BCUT2D eigenvalue weighted by atomic mass is 10.1. The van der Waals surface area contributed by atoms with Crippen molar-refractivity contribution in [2.24, 2.45) is 5.92 Å². The van der Waals surface area contributed by atoms with Crippen LogP contribution in [-0.2, 0) is 0 Å². The number of benzene rings is 2. The zero-order valence-electron chi connectivity index (χ0n) is 13.8. The lowest BCUT2D eigenvalue weighted by Gasteiger charge is -2.09. The summed E-state index contributed by atoms with van der Waals surface area (Å²) in [7, 11) is 0. The molecule has 5 heteroatoms. The van der Waals surface area contributed by atoms with Crippen LogP contribution in [0.4, 0.5) is 5.69 Å². The zero-order chi connectivity index (χ0) is 17.5. The maximum atomic E-state index is 12.3. The molecular weight excluding hydrogens is 324 g/mol. The monoisotopic (exact) mass is 344 g/mol. The van der Waals surface area contributed by atoms with Crippen LogP contribution in [0.5, 0.6) is 0 Å². The van der Waals surface area contributed by atoms with Crippen LogP contribution in [0.15, 0.2) is 48.5 Å². The molecule has 2 rings (SSSR count). The molecule has 0 saturated carbocycles. The van der Waals surface area contributed by atoms with E-state index in [1.54, 1.807) is 48.5 Å². The Kier molecular flexibility index (Phi) is 6.38. The number of rotatable bonds is 6. The molecule has 2 aromatic carbocycles. The lowest BCUT2D eigenvalue weighted by molar-refractivity contribution is 0.0952. The molecule has 2 amide bonds. The summed E-state index contributed by atoms with van der Waals surface area (Å²) in [6.45, 7) is 4.83. The van der Waals surface area contributed by atoms with Crippen LogP contribution >= 0.6 is 11.6 Å². The van der Waals surface area contributed by atoms with Crippen LogP contribution in [-0.4, -0.2) is 18.4 Å². The molecule has 0 fully saturated rings. The van der Waals surface area contributed by atoms with Gasteiger partial charge in [-0.15, -0.1) is 0 Å². The van der Waals surface area contributed by atoms with Gasteiger partial charge >= 0.3 is 0 Å². The van der Waals surface area contributed by atoms with Gasteiger partial charge in [0.15, 0.2) is 0 Å². The molecule has 0 atom stereocenters. The number of hydrogen-bond acceptors (Lipinski definition) is 2. The van der Waals surface area contributed by atoms with Gasteiger partial charge in [-0.3, -0.25) is 9.59 Å². The summed E-state index contributed by atoms with van der Waals surface area (Å²) in [6.07, 6.45) is 0.919. The summed E-state index contributed by atoms with van der Waals surface area (Å²) < 4.78 is 0. The second-order valence-electron chi connectivity index (χ2n) is 5.98. The number of anilines is 1. The lowest BCUT2D eigenvalue weighted by Crippen LogP contribution is -2.25. The van der Waals surface area contributed by atoms with Gasteiger partial charge in [-0.05, 0) is 54.8 Å². The van der Waals surface area contributed by atoms with Crippen molar-refractivity contribution in [1.29, 1.82) is 0 Å². The summed E-state index contributed by atoms with van der Waals surface area (Å²) in [5, 5.41) is 6.25. The quantitative estimate of drug-likeness (QED) is 0.817. The van der Waals surface area contributed by atoms with Crippen molar-refractivity contribution in [3.8, 4) is 0 Å². The Morgan fingerprint density at radius 1 is 1.00 bits per heavy atom.